The van der Waals surface area contributed by atoms with Gasteiger partial charge in [-0.3, -0.25) is 9.59 Å². The Morgan fingerprint density at radius 1 is 1.00 bits per heavy atom. The van der Waals surface area contributed by atoms with Crippen LogP contribution in [0.3, 0.4) is 0 Å². The summed E-state index contributed by atoms with van der Waals surface area (Å²) < 4.78 is 16.2. The molecule has 4 heterocycles. The Labute approximate surface area is 213 Å². The predicted molar refractivity (Wildman–Crippen MR) is 133 cm³/mol. The molecule has 3 aliphatic rings. The van der Waals surface area contributed by atoms with Crippen LogP contribution < -0.4 is 14.4 Å². The predicted octanol–water partition coefficient (Wildman–Crippen LogP) is 2.45. The maximum Gasteiger partial charge on any atom is 0.274 e. The third-order valence-corrected chi connectivity index (χ3v) is 6.78. The van der Waals surface area contributed by atoms with Crippen molar-refractivity contribution in [3.8, 4) is 22.9 Å². The SMILES string of the molecule is Cc1ccccc1N1CCN(C(=O)CN2N=C(c3nc(-c4ccc5c(c4)OCO5)no3)CCC2=O)CC1. The van der Waals surface area contributed by atoms with E-state index in [1.165, 1.54) is 16.3 Å². The minimum absolute atomic E-state index is 0.115. The number of fused-ring (bicyclic) bond motifs is 1. The summed E-state index contributed by atoms with van der Waals surface area (Å²) in [6.07, 6.45) is 0.580. The van der Waals surface area contributed by atoms with Gasteiger partial charge < -0.3 is 23.8 Å². The van der Waals surface area contributed by atoms with Gasteiger partial charge in [0.25, 0.3) is 5.89 Å². The van der Waals surface area contributed by atoms with Gasteiger partial charge in [-0.25, -0.2) is 5.01 Å². The van der Waals surface area contributed by atoms with Crippen LogP contribution in [0.25, 0.3) is 11.4 Å². The summed E-state index contributed by atoms with van der Waals surface area (Å²) in [5.41, 5.74) is 3.60. The van der Waals surface area contributed by atoms with Crippen molar-refractivity contribution in [2.45, 2.75) is 19.8 Å². The van der Waals surface area contributed by atoms with E-state index in [1.807, 2.05) is 18.2 Å². The molecule has 11 nitrogen and oxygen atoms in total. The third kappa shape index (κ3) is 4.59. The fourth-order valence-electron chi connectivity index (χ4n) is 4.72. The number of nitrogens with zero attached hydrogens (tertiary/aromatic N) is 6. The van der Waals surface area contributed by atoms with Gasteiger partial charge in [0.1, 0.15) is 12.3 Å². The molecule has 11 heteroatoms. The van der Waals surface area contributed by atoms with Gasteiger partial charge >= 0.3 is 0 Å². The summed E-state index contributed by atoms with van der Waals surface area (Å²) in [7, 11) is 0. The van der Waals surface area contributed by atoms with Crippen molar-refractivity contribution >= 4 is 23.2 Å². The Balaban J connectivity index is 1.11. The van der Waals surface area contributed by atoms with Gasteiger partial charge in [-0.2, -0.15) is 10.1 Å². The summed E-state index contributed by atoms with van der Waals surface area (Å²) >= 11 is 0. The molecular formula is C26H26N6O5. The van der Waals surface area contributed by atoms with Crippen LogP contribution in [0.5, 0.6) is 11.5 Å². The number of benzene rings is 2. The van der Waals surface area contributed by atoms with E-state index in [0.717, 1.165) is 13.1 Å². The first-order chi connectivity index (χ1) is 18.0. The van der Waals surface area contributed by atoms with Crippen LogP contribution in [0, 0.1) is 6.92 Å². The second-order valence-corrected chi connectivity index (χ2v) is 9.14. The lowest BCUT2D eigenvalue weighted by Gasteiger charge is -2.37. The molecule has 0 aliphatic carbocycles. The smallest absolute Gasteiger partial charge is 0.274 e. The molecule has 2 amide bonds. The fraction of sp³-hybridized carbons (Fsp3) is 0.346. The number of hydrazone groups is 1. The lowest BCUT2D eigenvalue weighted by atomic mass is 10.1. The van der Waals surface area contributed by atoms with Crippen molar-refractivity contribution in [1.29, 1.82) is 0 Å². The number of ether oxygens (including phenoxy) is 2. The van der Waals surface area contributed by atoms with Gasteiger partial charge in [0, 0.05) is 50.3 Å². The Morgan fingerprint density at radius 2 is 1.81 bits per heavy atom. The van der Waals surface area contributed by atoms with Gasteiger partial charge in [0.15, 0.2) is 11.5 Å². The average Bonchev–Trinajstić information content (AvgIpc) is 3.60. The minimum Gasteiger partial charge on any atom is -0.454 e. The first kappa shape index (κ1) is 23.0. The summed E-state index contributed by atoms with van der Waals surface area (Å²) in [4.78, 5) is 34.1. The number of anilines is 1. The second-order valence-electron chi connectivity index (χ2n) is 9.14. The zero-order chi connectivity index (χ0) is 25.4. The highest BCUT2D eigenvalue weighted by molar-refractivity contribution is 6.01. The molecule has 1 fully saturated rings. The quantitative estimate of drug-likeness (QED) is 0.523. The lowest BCUT2D eigenvalue weighted by Crippen LogP contribution is -2.51. The molecular weight excluding hydrogens is 476 g/mol. The van der Waals surface area contributed by atoms with Gasteiger partial charge in [0.05, 0.1) is 0 Å². The van der Waals surface area contributed by atoms with E-state index in [9.17, 15) is 9.59 Å². The largest absolute Gasteiger partial charge is 0.454 e. The normalized spacial score (nSPS) is 17.3. The molecule has 37 heavy (non-hydrogen) atoms. The van der Waals surface area contributed by atoms with Crippen LogP contribution in [0.15, 0.2) is 52.1 Å². The van der Waals surface area contributed by atoms with Gasteiger partial charge in [-0.1, -0.05) is 23.4 Å². The lowest BCUT2D eigenvalue weighted by molar-refractivity contribution is -0.141. The van der Waals surface area contributed by atoms with Crippen LogP contribution in [-0.2, 0) is 9.59 Å². The number of rotatable bonds is 5. The van der Waals surface area contributed by atoms with E-state index in [4.69, 9.17) is 14.0 Å². The second kappa shape index (κ2) is 9.57. The molecule has 3 aliphatic heterocycles. The van der Waals surface area contributed by atoms with Crippen molar-refractivity contribution in [3.63, 3.8) is 0 Å². The van der Waals surface area contributed by atoms with Crippen LogP contribution in [0.1, 0.15) is 24.3 Å². The van der Waals surface area contributed by atoms with Crippen LogP contribution in [-0.4, -0.2) is 77.1 Å². The van der Waals surface area contributed by atoms with Gasteiger partial charge in [-0.15, -0.1) is 0 Å². The Bertz CT molecular complexity index is 1380. The number of hydrogen-bond donors (Lipinski definition) is 0. The molecule has 0 atom stereocenters. The molecule has 0 radical (unpaired) electrons. The number of aryl methyl sites for hydroxylation is 1. The van der Waals surface area contributed by atoms with E-state index in [-0.39, 0.29) is 37.5 Å². The Hall–Kier alpha value is -4.41. The summed E-state index contributed by atoms with van der Waals surface area (Å²) in [5.74, 6) is 1.56. The van der Waals surface area contributed by atoms with Gasteiger partial charge in [-0.05, 0) is 36.8 Å². The van der Waals surface area contributed by atoms with Crippen LogP contribution in [0.4, 0.5) is 5.69 Å². The van der Waals surface area contributed by atoms with Gasteiger partial charge in [0.2, 0.25) is 24.4 Å². The Morgan fingerprint density at radius 3 is 2.65 bits per heavy atom. The summed E-state index contributed by atoms with van der Waals surface area (Å²) in [6, 6.07) is 13.6. The molecule has 0 N–H and O–H groups in total. The van der Waals surface area contributed by atoms with E-state index >= 15 is 0 Å². The van der Waals surface area contributed by atoms with E-state index in [0.29, 0.717) is 48.1 Å². The number of carbonyl (C=O) groups is 2. The number of amides is 2. The molecule has 1 aromatic heterocycles. The van der Waals surface area contributed by atoms with Crippen LogP contribution >= 0.6 is 0 Å². The topological polar surface area (TPSA) is 114 Å². The van der Waals surface area contributed by atoms with E-state index in [2.05, 4.69) is 39.2 Å². The molecule has 190 valence electrons. The van der Waals surface area contributed by atoms with Crippen molar-refractivity contribution < 1.29 is 23.6 Å². The fourth-order valence-corrected chi connectivity index (χ4v) is 4.72. The van der Waals surface area contributed by atoms with E-state index < -0.39 is 0 Å². The zero-order valence-electron chi connectivity index (χ0n) is 20.4. The molecule has 6 rings (SSSR count). The number of piperazine rings is 1. The third-order valence-electron chi connectivity index (χ3n) is 6.78. The van der Waals surface area contributed by atoms with Crippen LogP contribution in [0.2, 0.25) is 0 Å². The highest BCUT2D eigenvalue weighted by atomic mass is 16.7. The monoisotopic (exact) mass is 502 g/mol. The first-order valence-corrected chi connectivity index (χ1v) is 12.3. The number of aromatic nitrogens is 2. The molecule has 2 aromatic carbocycles. The van der Waals surface area contributed by atoms with Crippen molar-refractivity contribution in [1.82, 2.24) is 20.0 Å². The number of carbonyl (C=O) groups excluding carboxylic acids is 2. The molecule has 3 aromatic rings. The summed E-state index contributed by atoms with van der Waals surface area (Å²) in [6.45, 7) is 4.82. The Kier molecular flexibility index (Phi) is 5.95. The summed E-state index contributed by atoms with van der Waals surface area (Å²) in [5, 5.41) is 9.69. The standard InChI is InChI=1S/C26H26N6O5/c1-17-4-2-3-5-20(17)30-10-12-31(13-11-30)24(34)15-32-23(33)9-7-19(28-32)26-27-25(29-37-26)18-6-8-21-22(14-18)36-16-35-21/h2-6,8,14H,7,9-13,15-16H2,1H3. The maximum atomic E-state index is 13.0. The van der Waals surface area contributed by atoms with E-state index in [1.54, 1.807) is 17.0 Å². The zero-order valence-corrected chi connectivity index (χ0v) is 20.4. The average molecular weight is 503 g/mol. The molecule has 0 unspecified atom stereocenters. The molecule has 1 saturated heterocycles. The maximum absolute atomic E-state index is 13.0. The molecule has 0 saturated carbocycles. The number of para-hydroxylation sites is 1. The van der Waals surface area contributed by atoms with Crippen molar-refractivity contribution in [2.24, 2.45) is 5.10 Å². The molecule has 0 spiro atoms. The number of hydrogen-bond acceptors (Lipinski definition) is 9. The highest BCUT2D eigenvalue weighted by Gasteiger charge is 2.29. The minimum atomic E-state index is -0.203. The van der Waals surface area contributed by atoms with Crippen molar-refractivity contribution in [2.75, 3.05) is 44.4 Å². The molecule has 0 bridgehead atoms. The van der Waals surface area contributed by atoms with Crippen molar-refractivity contribution in [3.05, 3.63) is 53.9 Å². The highest BCUT2D eigenvalue weighted by Crippen LogP contribution is 2.35. The first-order valence-electron chi connectivity index (χ1n) is 12.3.